The summed E-state index contributed by atoms with van der Waals surface area (Å²) in [7, 11) is -3.49. The normalized spacial score (nSPS) is 18.0. The third-order valence-corrected chi connectivity index (χ3v) is 4.93. The van der Waals surface area contributed by atoms with Crippen molar-refractivity contribution in [1.29, 1.82) is 0 Å². The summed E-state index contributed by atoms with van der Waals surface area (Å²) >= 11 is 5.76. The maximum absolute atomic E-state index is 12.3. The summed E-state index contributed by atoms with van der Waals surface area (Å²) in [5.41, 5.74) is 1.06. The zero-order valence-electron chi connectivity index (χ0n) is 10.9. The molecule has 5 nitrogen and oxygen atoms in total. The van der Waals surface area contributed by atoms with Gasteiger partial charge in [0.25, 0.3) is 0 Å². The lowest BCUT2D eigenvalue weighted by molar-refractivity contribution is 0.427. The van der Waals surface area contributed by atoms with Gasteiger partial charge in [-0.25, -0.2) is 4.98 Å². The van der Waals surface area contributed by atoms with Gasteiger partial charge in [-0.1, -0.05) is 24.4 Å². The number of aryl methyl sites for hydroxylation is 1. The van der Waals surface area contributed by atoms with E-state index in [1.807, 2.05) is 0 Å². The number of aromatic nitrogens is 1. The molecule has 0 spiro atoms. The molecule has 1 aromatic heterocycles. The summed E-state index contributed by atoms with van der Waals surface area (Å²) in [5.74, 6) is 0. The fourth-order valence-corrected chi connectivity index (χ4v) is 3.68. The molecule has 0 unspecified atom stereocenters. The molecule has 0 aliphatic carbocycles. The lowest BCUT2D eigenvalue weighted by Crippen LogP contribution is -2.36. The second kappa shape index (κ2) is 6.07. The zero-order chi connectivity index (χ0) is 13.9. The number of anilines is 1. The van der Waals surface area contributed by atoms with E-state index in [4.69, 9.17) is 11.6 Å². The summed E-state index contributed by atoms with van der Waals surface area (Å²) in [5, 5.41) is 0.357. The first-order valence-corrected chi connectivity index (χ1v) is 8.22. The van der Waals surface area contributed by atoms with E-state index in [9.17, 15) is 8.42 Å². The van der Waals surface area contributed by atoms with Crippen LogP contribution in [0.5, 0.6) is 0 Å². The van der Waals surface area contributed by atoms with E-state index >= 15 is 0 Å². The minimum absolute atomic E-state index is 0.357. The molecule has 0 bridgehead atoms. The molecule has 0 saturated carbocycles. The summed E-state index contributed by atoms with van der Waals surface area (Å²) in [6.45, 7) is 2.89. The Labute approximate surface area is 119 Å². The molecule has 1 aliphatic rings. The summed E-state index contributed by atoms with van der Waals surface area (Å²) in [4.78, 5) is 4.04. The van der Waals surface area contributed by atoms with Crippen LogP contribution in [0.3, 0.4) is 0 Å². The molecule has 0 amide bonds. The molecule has 19 heavy (non-hydrogen) atoms. The number of rotatable bonds is 3. The molecule has 0 aromatic carbocycles. The summed E-state index contributed by atoms with van der Waals surface area (Å²) in [6.07, 6.45) is 4.01. The average molecular weight is 304 g/mol. The molecule has 0 radical (unpaired) electrons. The molecule has 1 aromatic rings. The van der Waals surface area contributed by atoms with Crippen LogP contribution in [-0.2, 0) is 10.2 Å². The van der Waals surface area contributed by atoms with Crippen LogP contribution >= 0.6 is 11.6 Å². The Hall–Kier alpha value is -0.850. The number of hydrogen-bond donors (Lipinski definition) is 1. The number of nitrogens with one attached hydrogen (secondary N) is 1. The number of pyridine rings is 1. The van der Waals surface area contributed by atoms with E-state index < -0.39 is 10.2 Å². The highest BCUT2D eigenvalue weighted by atomic mass is 35.5. The van der Waals surface area contributed by atoms with Gasteiger partial charge in [-0.15, -0.1) is 0 Å². The fraction of sp³-hybridized carbons (Fsp3) is 0.583. The largest absolute Gasteiger partial charge is 0.301 e. The Morgan fingerprint density at radius 2 is 1.84 bits per heavy atom. The molecular weight excluding hydrogens is 286 g/mol. The second-order valence-electron chi connectivity index (χ2n) is 4.69. The minimum atomic E-state index is -3.49. The Bertz CT molecular complexity index is 540. The van der Waals surface area contributed by atoms with Crippen LogP contribution in [0.25, 0.3) is 0 Å². The van der Waals surface area contributed by atoms with Gasteiger partial charge in [-0.3, -0.25) is 4.72 Å². The lowest BCUT2D eigenvalue weighted by Gasteiger charge is -2.21. The Balaban J connectivity index is 2.15. The van der Waals surface area contributed by atoms with Crippen molar-refractivity contribution in [3.63, 3.8) is 0 Å². The van der Waals surface area contributed by atoms with Gasteiger partial charge in [0.05, 0.1) is 11.4 Å². The maximum atomic E-state index is 12.3. The summed E-state index contributed by atoms with van der Waals surface area (Å²) < 4.78 is 28.7. The molecule has 1 fully saturated rings. The van der Waals surface area contributed by atoms with Gasteiger partial charge in [0, 0.05) is 13.1 Å². The zero-order valence-corrected chi connectivity index (χ0v) is 12.5. The lowest BCUT2D eigenvalue weighted by atomic mass is 10.2. The van der Waals surface area contributed by atoms with Gasteiger partial charge in [-0.2, -0.15) is 12.7 Å². The van der Waals surface area contributed by atoms with E-state index in [0.717, 1.165) is 25.7 Å². The molecule has 106 valence electrons. The van der Waals surface area contributed by atoms with Crippen LogP contribution in [0, 0.1) is 6.92 Å². The van der Waals surface area contributed by atoms with Crippen molar-refractivity contribution in [2.24, 2.45) is 0 Å². The maximum Gasteiger partial charge on any atom is 0.301 e. The Kier molecular flexibility index (Phi) is 4.65. The van der Waals surface area contributed by atoms with E-state index in [0.29, 0.717) is 29.6 Å². The second-order valence-corrected chi connectivity index (χ2v) is 6.75. The Morgan fingerprint density at radius 1 is 1.21 bits per heavy atom. The van der Waals surface area contributed by atoms with Crippen molar-refractivity contribution in [2.45, 2.75) is 32.6 Å². The van der Waals surface area contributed by atoms with Crippen LogP contribution < -0.4 is 4.72 Å². The van der Waals surface area contributed by atoms with Gasteiger partial charge in [-0.05, 0) is 31.9 Å². The Morgan fingerprint density at radius 3 is 2.42 bits per heavy atom. The fourth-order valence-electron chi connectivity index (χ4n) is 2.12. The molecular formula is C12H18ClN3O2S. The topological polar surface area (TPSA) is 62.3 Å². The standard InChI is InChI=1S/C12H18ClN3O2S/c1-10-11(6-7-12(13)14-10)15-19(17,18)16-8-4-2-3-5-9-16/h6-7,15H,2-5,8-9H2,1H3. The number of halogens is 1. The molecule has 0 atom stereocenters. The smallest absolute Gasteiger partial charge is 0.269 e. The van der Waals surface area contributed by atoms with Gasteiger partial charge in [0.2, 0.25) is 0 Å². The van der Waals surface area contributed by atoms with Crippen LogP contribution in [0.2, 0.25) is 5.15 Å². The van der Waals surface area contributed by atoms with Crippen molar-refractivity contribution in [3.05, 3.63) is 23.0 Å². The quantitative estimate of drug-likeness (QED) is 0.873. The van der Waals surface area contributed by atoms with Crippen LogP contribution in [-0.4, -0.2) is 30.8 Å². The predicted molar refractivity (Wildman–Crippen MR) is 76.6 cm³/mol. The summed E-state index contributed by atoms with van der Waals surface area (Å²) in [6, 6.07) is 3.22. The molecule has 1 saturated heterocycles. The highest BCUT2D eigenvalue weighted by Crippen LogP contribution is 2.20. The number of nitrogens with zero attached hydrogens (tertiary/aromatic N) is 2. The third kappa shape index (κ3) is 3.81. The SMILES string of the molecule is Cc1nc(Cl)ccc1NS(=O)(=O)N1CCCCCC1. The molecule has 7 heteroatoms. The number of hydrogen-bond acceptors (Lipinski definition) is 3. The van der Waals surface area contributed by atoms with Crippen molar-refractivity contribution in [2.75, 3.05) is 17.8 Å². The van der Waals surface area contributed by atoms with Crippen LogP contribution in [0.4, 0.5) is 5.69 Å². The first-order chi connectivity index (χ1) is 8.99. The third-order valence-electron chi connectivity index (χ3n) is 3.20. The van der Waals surface area contributed by atoms with E-state index in [-0.39, 0.29) is 0 Å². The highest BCUT2D eigenvalue weighted by Gasteiger charge is 2.23. The molecule has 2 heterocycles. The first-order valence-electron chi connectivity index (χ1n) is 6.40. The van der Waals surface area contributed by atoms with Crippen molar-refractivity contribution in [3.8, 4) is 0 Å². The van der Waals surface area contributed by atoms with E-state index in [1.54, 1.807) is 19.1 Å². The van der Waals surface area contributed by atoms with Gasteiger partial charge in [0.1, 0.15) is 5.15 Å². The molecule has 1 N–H and O–H groups in total. The van der Waals surface area contributed by atoms with Gasteiger partial charge < -0.3 is 0 Å². The molecule has 1 aliphatic heterocycles. The molecule has 2 rings (SSSR count). The van der Waals surface area contributed by atoms with Crippen molar-refractivity contribution < 1.29 is 8.42 Å². The van der Waals surface area contributed by atoms with E-state index in [2.05, 4.69) is 9.71 Å². The van der Waals surface area contributed by atoms with E-state index in [1.165, 1.54) is 4.31 Å². The van der Waals surface area contributed by atoms with Gasteiger partial charge in [0.15, 0.2) is 0 Å². The minimum Gasteiger partial charge on any atom is -0.269 e. The van der Waals surface area contributed by atoms with Crippen molar-refractivity contribution in [1.82, 2.24) is 9.29 Å². The first kappa shape index (κ1) is 14.6. The van der Waals surface area contributed by atoms with Crippen molar-refractivity contribution >= 4 is 27.5 Å². The highest BCUT2D eigenvalue weighted by molar-refractivity contribution is 7.90. The van der Waals surface area contributed by atoms with Crippen LogP contribution in [0.15, 0.2) is 12.1 Å². The predicted octanol–water partition coefficient (Wildman–Crippen LogP) is 2.58. The van der Waals surface area contributed by atoms with Crippen LogP contribution in [0.1, 0.15) is 31.4 Å². The van der Waals surface area contributed by atoms with Gasteiger partial charge >= 0.3 is 10.2 Å². The average Bonchev–Trinajstić information content (AvgIpc) is 2.62. The monoisotopic (exact) mass is 303 g/mol.